The van der Waals surface area contributed by atoms with Crippen LogP contribution in [-0.4, -0.2) is 71.0 Å². The number of carboxylic acids is 2. The van der Waals surface area contributed by atoms with Crippen LogP contribution in [0.2, 0.25) is 0 Å². The standard InChI is InChI=1S/C13H24O4.Ba.2H/c1-4-5-6-7-8-9-10(2)13(3,11(14)15)12(16)17;;;/h10H,4-9H2,1-3H3,(H,14,15)(H,16,17);;;. The maximum absolute atomic E-state index is 11.1. The average Bonchev–Trinajstić information content (AvgIpc) is 2.26. The fourth-order valence-electron chi connectivity index (χ4n) is 1.86. The van der Waals surface area contributed by atoms with E-state index in [1.54, 1.807) is 6.92 Å². The molecule has 0 aromatic rings. The Labute approximate surface area is 150 Å². The molecule has 0 aliphatic carbocycles. The Kier molecular flexibility index (Phi) is 11.9. The molecule has 0 aliphatic rings. The zero-order valence-corrected chi connectivity index (χ0v) is 11.0. The summed E-state index contributed by atoms with van der Waals surface area (Å²) >= 11 is 0. The molecule has 0 saturated heterocycles. The summed E-state index contributed by atoms with van der Waals surface area (Å²) < 4.78 is 0. The van der Waals surface area contributed by atoms with Crippen LogP contribution in [-0.2, 0) is 9.59 Å². The van der Waals surface area contributed by atoms with Crippen LogP contribution in [0.3, 0.4) is 0 Å². The van der Waals surface area contributed by atoms with Gasteiger partial charge in [-0.3, -0.25) is 9.59 Å². The van der Waals surface area contributed by atoms with Gasteiger partial charge in [0.2, 0.25) is 0 Å². The molecule has 1 unspecified atom stereocenters. The van der Waals surface area contributed by atoms with E-state index in [1.807, 2.05) is 0 Å². The predicted molar refractivity (Wildman–Crippen MR) is 74.5 cm³/mol. The van der Waals surface area contributed by atoms with Crippen LogP contribution in [0.1, 0.15) is 59.3 Å². The third-order valence-corrected chi connectivity index (χ3v) is 3.61. The van der Waals surface area contributed by atoms with Crippen molar-refractivity contribution in [1.82, 2.24) is 0 Å². The van der Waals surface area contributed by atoms with E-state index in [1.165, 1.54) is 13.3 Å². The molecule has 0 spiro atoms. The molecule has 4 nitrogen and oxygen atoms in total. The number of carboxylic acid groups (broad SMARTS) is 2. The van der Waals surface area contributed by atoms with Crippen LogP contribution in [0.4, 0.5) is 0 Å². The Hall–Kier alpha value is 0.511. The van der Waals surface area contributed by atoms with Gasteiger partial charge in [-0.15, -0.1) is 0 Å². The number of aliphatic carboxylic acids is 2. The van der Waals surface area contributed by atoms with Gasteiger partial charge in [-0.1, -0.05) is 46.0 Å². The predicted octanol–water partition coefficient (Wildman–Crippen LogP) is 2.24. The van der Waals surface area contributed by atoms with Gasteiger partial charge in [0.25, 0.3) is 0 Å². The molecule has 0 heterocycles. The molecule has 0 radical (unpaired) electrons. The molecular formula is C13H26BaO4. The molecule has 0 saturated carbocycles. The zero-order chi connectivity index (χ0) is 13.5. The van der Waals surface area contributed by atoms with Crippen molar-refractivity contribution < 1.29 is 19.8 Å². The molecule has 0 amide bonds. The summed E-state index contributed by atoms with van der Waals surface area (Å²) in [5.41, 5.74) is -1.66. The molecule has 18 heavy (non-hydrogen) atoms. The van der Waals surface area contributed by atoms with E-state index in [2.05, 4.69) is 6.92 Å². The van der Waals surface area contributed by atoms with Crippen LogP contribution in [0.5, 0.6) is 0 Å². The average molecular weight is 384 g/mol. The van der Waals surface area contributed by atoms with E-state index in [4.69, 9.17) is 10.2 Å². The molecule has 1 atom stereocenters. The van der Waals surface area contributed by atoms with Crippen LogP contribution in [0, 0.1) is 11.3 Å². The van der Waals surface area contributed by atoms with E-state index in [9.17, 15) is 9.59 Å². The molecule has 5 heteroatoms. The van der Waals surface area contributed by atoms with Crippen molar-refractivity contribution in [1.29, 1.82) is 0 Å². The second-order valence-electron chi connectivity index (χ2n) is 4.92. The van der Waals surface area contributed by atoms with Crippen LogP contribution in [0.15, 0.2) is 0 Å². The van der Waals surface area contributed by atoms with Crippen molar-refractivity contribution in [2.45, 2.75) is 59.3 Å². The Morgan fingerprint density at radius 1 is 1.06 bits per heavy atom. The fraction of sp³-hybridized carbons (Fsp3) is 0.846. The van der Waals surface area contributed by atoms with Gasteiger partial charge >= 0.3 is 60.8 Å². The summed E-state index contributed by atoms with van der Waals surface area (Å²) in [4.78, 5) is 22.1. The van der Waals surface area contributed by atoms with Crippen LogP contribution >= 0.6 is 0 Å². The molecule has 0 aromatic heterocycles. The summed E-state index contributed by atoms with van der Waals surface area (Å²) in [5, 5.41) is 18.1. The van der Waals surface area contributed by atoms with Gasteiger partial charge in [0, 0.05) is 0 Å². The molecule has 0 aromatic carbocycles. The van der Waals surface area contributed by atoms with Crippen molar-refractivity contribution in [3.8, 4) is 0 Å². The first kappa shape index (κ1) is 20.8. The van der Waals surface area contributed by atoms with Gasteiger partial charge in [-0.05, 0) is 19.3 Å². The van der Waals surface area contributed by atoms with E-state index < -0.39 is 17.4 Å². The Morgan fingerprint density at radius 2 is 1.50 bits per heavy atom. The molecule has 0 rings (SSSR count). The van der Waals surface area contributed by atoms with Crippen molar-refractivity contribution >= 4 is 60.8 Å². The topological polar surface area (TPSA) is 74.6 Å². The molecular weight excluding hydrogens is 357 g/mol. The number of hydrogen-bond acceptors (Lipinski definition) is 2. The number of unbranched alkanes of at least 4 members (excludes halogenated alkanes) is 4. The Morgan fingerprint density at radius 3 is 1.89 bits per heavy atom. The zero-order valence-electron chi connectivity index (χ0n) is 11.0. The summed E-state index contributed by atoms with van der Waals surface area (Å²) in [6.07, 6.45) is 6.09. The van der Waals surface area contributed by atoms with Crippen LogP contribution < -0.4 is 0 Å². The van der Waals surface area contributed by atoms with Crippen molar-refractivity contribution in [3.63, 3.8) is 0 Å². The normalized spacial score (nSPS) is 12.6. The van der Waals surface area contributed by atoms with Crippen molar-refractivity contribution in [3.05, 3.63) is 0 Å². The van der Waals surface area contributed by atoms with Gasteiger partial charge < -0.3 is 10.2 Å². The monoisotopic (exact) mass is 384 g/mol. The molecule has 104 valence electrons. The van der Waals surface area contributed by atoms with E-state index >= 15 is 0 Å². The Balaban J connectivity index is 0. The van der Waals surface area contributed by atoms with Gasteiger partial charge in [-0.25, -0.2) is 0 Å². The second kappa shape index (κ2) is 10.3. The minimum absolute atomic E-state index is 0. The molecule has 0 aliphatic heterocycles. The van der Waals surface area contributed by atoms with Gasteiger partial charge in [0.1, 0.15) is 0 Å². The summed E-state index contributed by atoms with van der Waals surface area (Å²) in [5.74, 6) is -2.84. The maximum atomic E-state index is 11.1. The fourth-order valence-corrected chi connectivity index (χ4v) is 1.86. The molecule has 0 bridgehead atoms. The van der Waals surface area contributed by atoms with Crippen LogP contribution in [0.25, 0.3) is 0 Å². The van der Waals surface area contributed by atoms with Gasteiger partial charge in [0.15, 0.2) is 5.41 Å². The second-order valence-corrected chi connectivity index (χ2v) is 4.92. The van der Waals surface area contributed by atoms with Crippen molar-refractivity contribution in [2.75, 3.05) is 0 Å². The quantitative estimate of drug-likeness (QED) is 0.364. The Bertz CT molecular complexity index is 252. The van der Waals surface area contributed by atoms with E-state index in [0.717, 1.165) is 25.7 Å². The number of rotatable bonds is 9. The minimum atomic E-state index is -1.66. The number of carbonyl (C=O) groups is 2. The summed E-state index contributed by atoms with van der Waals surface area (Å²) in [6.45, 7) is 5.14. The van der Waals surface area contributed by atoms with Crippen molar-refractivity contribution in [2.24, 2.45) is 11.3 Å². The van der Waals surface area contributed by atoms with Gasteiger partial charge in [-0.2, -0.15) is 0 Å². The number of hydrogen-bond donors (Lipinski definition) is 2. The first-order valence-corrected chi connectivity index (χ1v) is 6.34. The van der Waals surface area contributed by atoms with Gasteiger partial charge in [0.05, 0.1) is 0 Å². The third kappa shape index (κ3) is 6.10. The first-order chi connectivity index (χ1) is 7.87. The third-order valence-electron chi connectivity index (χ3n) is 3.61. The molecule has 2 N–H and O–H groups in total. The summed E-state index contributed by atoms with van der Waals surface area (Å²) in [7, 11) is 0. The summed E-state index contributed by atoms with van der Waals surface area (Å²) in [6, 6.07) is 0. The molecule has 0 fully saturated rings. The van der Waals surface area contributed by atoms with E-state index in [0.29, 0.717) is 6.42 Å². The SMILES string of the molecule is CCCCCCCC(C)C(C)(C(=O)O)C(=O)O.[BaH2]. The van der Waals surface area contributed by atoms with E-state index in [-0.39, 0.29) is 54.8 Å². The first-order valence-electron chi connectivity index (χ1n) is 6.34.